The molecule has 2 heterocycles. The van der Waals surface area contributed by atoms with Gasteiger partial charge in [-0.3, -0.25) is 9.69 Å². The maximum absolute atomic E-state index is 11.8. The van der Waals surface area contributed by atoms with E-state index in [1.807, 2.05) is 18.9 Å². The zero-order valence-corrected chi connectivity index (χ0v) is 11.6. The Balaban J connectivity index is 1.66. The number of likely N-dealkylation sites (N-methyl/N-ethyl adjacent to an activating group) is 1. The number of imidazole rings is 1. The summed E-state index contributed by atoms with van der Waals surface area (Å²) < 4.78 is 5.46. The molecule has 1 amide bonds. The molecule has 2 rings (SSSR count). The third-order valence-electron chi connectivity index (χ3n) is 3.14. The van der Waals surface area contributed by atoms with E-state index >= 15 is 0 Å². The van der Waals surface area contributed by atoms with Gasteiger partial charge in [0.2, 0.25) is 5.91 Å². The molecular weight excluding hydrogens is 244 g/mol. The zero-order valence-electron chi connectivity index (χ0n) is 11.6. The summed E-state index contributed by atoms with van der Waals surface area (Å²) in [6, 6.07) is 0. The first-order chi connectivity index (χ1) is 9.13. The number of hydrogen-bond donors (Lipinski definition) is 2. The van der Waals surface area contributed by atoms with Crippen molar-refractivity contribution in [3.63, 3.8) is 0 Å². The summed E-state index contributed by atoms with van der Waals surface area (Å²) in [5, 5.41) is 2.91. The molecular formula is C13H22N4O2. The Morgan fingerprint density at radius 3 is 3.16 bits per heavy atom. The molecule has 0 bridgehead atoms. The van der Waals surface area contributed by atoms with Crippen LogP contribution in [0.25, 0.3) is 0 Å². The Hall–Kier alpha value is -1.40. The largest absolute Gasteiger partial charge is 0.376 e. The number of carbonyl (C=O) groups excluding carboxylic acids is 1. The number of aryl methyl sites for hydroxylation is 1. The van der Waals surface area contributed by atoms with Gasteiger partial charge in [0.1, 0.15) is 5.82 Å². The summed E-state index contributed by atoms with van der Waals surface area (Å²) in [4.78, 5) is 21.1. The number of ether oxygens (including phenoxy) is 1. The molecule has 6 nitrogen and oxygen atoms in total. The van der Waals surface area contributed by atoms with Crippen molar-refractivity contribution < 1.29 is 9.53 Å². The van der Waals surface area contributed by atoms with E-state index in [0.29, 0.717) is 19.6 Å². The van der Waals surface area contributed by atoms with E-state index < -0.39 is 0 Å². The number of nitrogens with one attached hydrogen (secondary N) is 2. The van der Waals surface area contributed by atoms with E-state index in [9.17, 15) is 4.79 Å². The third-order valence-corrected chi connectivity index (χ3v) is 3.14. The van der Waals surface area contributed by atoms with Gasteiger partial charge in [-0.2, -0.15) is 0 Å². The topological polar surface area (TPSA) is 70.2 Å². The highest BCUT2D eigenvalue weighted by atomic mass is 16.5. The van der Waals surface area contributed by atoms with Crippen molar-refractivity contribution in [1.82, 2.24) is 20.2 Å². The lowest BCUT2D eigenvalue weighted by atomic mass is 10.2. The van der Waals surface area contributed by atoms with E-state index in [2.05, 4.69) is 15.3 Å². The zero-order chi connectivity index (χ0) is 13.7. The van der Waals surface area contributed by atoms with Gasteiger partial charge in [-0.1, -0.05) is 0 Å². The van der Waals surface area contributed by atoms with Crippen molar-refractivity contribution in [1.29, 1.82) is 0 Å². The number of hydrogen-bond acceptors (Lipinski definition) is 4. The quantitative estimate of drug-likeness (QED) is 0.784. The van der Waals surface area contributed by atoms with Crippen molar-refractivity contribution in [2.75, 3.05) is 26.7 Å². The summed E-state index contributed by atoms with van der Waals surface area (Å²) in [5.41, 5.74) is 1.03. The van der Waals surface area contributed by atoms with Crippen LogP contribution in [-0.4, -0.2) is 53.6 Å². The lowest BCUT2D eigenvalue weighted by Gasteiger charge is -2.16. The molecule has 0 spiro atoms. The van der Waals surface area contributed by atoms with E-state index in [-0.39, 0.29) is 12.0 Å². The second-order valence-corrected chi connectivity index (χ2v) is 5.12. The minimum Gasteiger partial charge on any atom is -0.376 e. The minimum atomic E-state index is 0.0290. The smallest absolute Gasteiger partial charge is 0.234 e. The summed E-state index contributed by atoms with van der Waals surface area (Å²) in [6.45, 7) is 4.41. The van der Waals surface area contributed by atoms with Crippen molar-refractivity contribution in [2.24, 2.45) is 0 Å². The number of nitrogens with zero attached hydrogens (tertiary/aromatic N) is 2. The van der Waals surface area contributed by atoms with E-state index in [0.717, 1.165) is 31.0 Å². The maximum atomic E-state index is 11.8. The first kappa shape index (κ1) is 14.0. The molecule has 1 atom stereocenters. The summed E-state index contributed by atoms with van der Waals surface area (Å²) in [5.74, 6) is 0.910. The molecule has 1 aliphatic heterocycles. The van der Waals surface area contributed by atoms with Gasteiger partial charge in [-0.05, 0) is 26.8 Å². The lowest BCUT2D eigenvalue weighted by Crippen LogP contribution is -2.38. The Morgan fingerprint density at radius 1 is 1.68 bits per heavy atom. The molecule has 1 aromatic rings. The van der Waals surface area contributed by atoms with Gasteiger partial charge in [0.15, 0.2) is 0 Å². The normalized spacial score (nSPS) is 19.0. The third kappa shape index (κ3) is 4.65. The van der Waals surface area contributed by atoms with Crippen LogP contribution in [0.15, 0.2) is 6.20 Å². The van der Waals surface area contributed by atoms with E-state index in [1.54, 1.807) is 6.20 Å². The molecule has 1 aromatic heterocycles. The molecule has 0 saturated carbocycles. The number of aromatic amines is 1. The lowest BCUT2D eigenvalue weighted by molar-refractivity contribution is -0.122. The fraction of sp³-hybridized carbons (Fsp3) is 0.692. The molecule has 0 radical (unpaired) electrons. The van der Waals surface area contributed by atoms with Crippen molar-refractivity contribution in [3.8, 4) is 0 Å². The molecule has 1 saturated heterocycles. The number of H-pyrrole nitrogens is 1. The van der Waals surface area contributed by atoms with Crippen LogP contribution in [0.5, 0.6) is 0 Å². The predicted molar refractivity (Wildman–Crippen MR) is 71.6 cm³/mol. The van der Waals surface area contributed by atoms with Gasteiger partial charge in [-0.25, -0.2) is 4.98 Å². The van der Waals surface area contributed by atoms with Crippen LogP contribution in [0.2, 0.25) is 0 Å². The Morgan fingerprint density at radius 2 is 2.53 bits per heavy atom. The van der Waals surface area contributed by atoms with Crippen LogP contribution < -0.4 is 5.32 Å². The van der Waals surface area contributed by atoms with Crippen LogP contribution in [0.4, 0.5) is 0 Å². The number of carbonyl (C=O) groups is 1. The predicted octanol–water partition coefficient (Wildman–Crippen LogP) is 0.445. The summed E-state index contributed by atoms with van der Waals surface area (Å²) >= 11 is 0. The highest BCUT2D eigenvalue weighted by molar-refractivity contribution is 5.77. The molecule has 1 aliphatic rings. The maximum Gasteiger partial charge on any atom is 0.234 e. The number of amides is 1. The van der Waals surface area contributed by atoms with Gasteiger partial charge in [0.05, 0.1) is 19.2 Å². The van der Waals surface area contributed by atoms with Gasteiger partial charge >= 0.3 is 0 Å². The Bertz CT molecular complexity index is 413. The Labute approximate surface area is 113 Å². The molecule has 19 heavy (non-hydrogen) atoms. The van der Waals surface area contributed by atoms with Gasteiger partial charge < -0.3 is 15.0 Å². The highest BCUT2D eigenvalue weighted by Crippen LogP contribution is 2.10. The van der Waals surface area contributed by atoms with E-state index in [1.165, 1.54) is 0 Å². The van der Waals surface area contributed by atoms with Gasteiger partial charge in [0, 0.05) is 25.0 Å². The Kier molecular flexibility index (Phi) is 4.93. The standard InChI is InChI=1S/C13H22N4O2/c1-10-6-14-12(16-10)8-17(2)9-13(18)15-7-11-4-3-5-19-11/h6,11H,3-5,7-9H2,1-2H3,(H,14,16)(H,15,18). The summed E-state index contributed by atoms with van der Waals surface area (Å²) in [7, 11) is 1.91. The van der Waals surface area contributed by atoms with Crippen LogP contribution in [-0.2, 0) is 16.1 Å². The molecule has 2 N–H and O–H groups in total. The first-order valence-electron chi connectivity index (χ1n) is 6.71. The molecule has 0 aliphatic carbocycles. The fourth-order valence-corrected chi connectivity index (χ4v) is 2.19. The number of aromatic nitrogens is 2. The second kappa shape index (κ2) is 6.68. The monoisotopic (exact) mass is 266 g/mol. The van der Waals surface area contributed by atoms with Crippen LogP contribution >= 0.6 is 0 Å². The summed E-state index contributed by atoms with van der Waals surface area (Å²) in [6.07, 6.45) is 4.13. The van der Waals surface area contributed by atoms with Crippen molar-refractivity contribution in [2.45, 2.75) is 32.4 Å². The first-order valence-corrected chi connectivity index (χ1v) is 6.71. The highest BCUT2D eigenvalue weighted by Gasteiger charge is 2.16. The molecule has 106 valence electrons. The molecule has 6 heteroatoms. The van der Waals surface area contributed by atoms with Crippen molar-refractivity contribution >= 4 is 5.91 Å². The van der Waals surface area contributed by atoms with Crippen molar-refractivity contribution in [3.05, 3.63) is 17.7 Å². The minimum absolute atomic E-state index is 0.0290. The second-order valence-electron chi connectivity index (χ2n) is 5.12. The average molecular weight is 266 g/mol. The van der Waals surface area contributed by atoms with Gasteiger partial charge in [-0.15, -0.1) is 0 Å². The van der Waals surface area contributed by atoms with Crippen LogP contribution in [0, 0.1) is 6.92 Å². The SMILES string of the molecule is Cc1cnc(CN(C)CC(=O)NCC2CCCO2)[nH]1. The van der Waals surface area contributed by atoms with Gasteiger partial charge in [0.25, 0.3) is 0 Å². The number of rotatable bonds is 6. The van der Waals surface area contributed by atoms with Crippen LogP contribution in [0.1, 0.15) is 24.4 Å². The average Bonchev–Trinajstić information content (AvgIpc) is 2.98. The fourth-order valence-electron chi connectivity index (χ4n) is 2.19. The molecule has 1 fully saturated rings. The van der Waals surface area contributed by atoms with Crippen LogP contribution in [0.3, 0.4) is 0 Å². The van der Waals surface area contributed by atoms with E-state index in [4.69, 9.17) is 4.74 Å². The molecule has 0 aromatic carbocycles. The molecule has 1 unspecified atom stereocenters.